The van der Waals surface area contributed by atoms with E-state index in [-0.39, 0.29) is 12.5 Å². The van der Waals surface area contributed by atoms with E-state index in [1.165, 1.54) is 5.56 Å². The van der Waals surface area contributed by atoms with Crippen molar-refractivity contribution in [1.82, 2.24) is 5.32 Å². The molecule has 3 nitrogen and oxygen atoms in total. The van der Waals surface area contributed by atoms with Crippen LogP contribution >= 0.6 is 22.6 Å². The molecule has 1 amide bonds. The van der Waals surface area contributed by atoms with Gasteiger partial charge in [0.05, 0.1) is 0 Å². The molecule has 1 aromatic carbocycles. The van der Waals surface area contributed by atoms with Gasteiger partial charge in [0.1, 0.15) is 0 Å². The van der Waals surface area contributed by atoms with Crippen LogP contribution in [0.2, 0.25) is 0 Å². The van der Waals surface area contributed by atoms with Crippen LogP contribution in [-0.2, 0) is 0 Å². The number of hydrogen-bond acceptors (Lipinski definition) is 2. The highest BCUT2D eigenvalue weighted by atomic mass is 127. The van der Waals surface area contributed by atoms with Crippen LogP contribution in [0.15, 0.2) is 18.2 Å². The first-order valence-corrected chi connectivity index (χ1v) is 6.77. The minimum absolute atomic E-state index is 0.0484. The molecule has 2 N–H and O–H groups in total. The largest absolute Gasteiger partial charge is 0.396 e. The van der Waals surface area contributed by atoms with Crippen LogP contribution in [0.4, 0.5) is 0 Å². The van der Waals surface area contributed by atoms with E-state index in [9.17, 15) is 4.79 Å². The maximum atomic E-state index is 11.8. The van der Waals surface area contributed by atoms with E-state index in [2.05, 4.69) is 27.9 Å². The van der Waals surface area contributed by atoms with Gasteiger partial charge >= 0.3 is 0 Å². The quantitative estimate of drug-likeness (QED) is 0.804. The first kappa shape index (κ1) is 14.4. The van der Waals surface area contributed by atoms with Gasteiger partial charge in [-0.3, -0.25) is 4.79 Å². The number of aliphatic hydroxyl groups is 1. The van der Waals surface area contributed by atoms with Crippen molar-refractivity contribution in [3.05, 3.63) is 32.9 Å². The van der Waals surface area contributed by atoms with E-state index >= 15 is 0 Å². The minimum Gasteiger partial charge on any atom is -0.396 e. The molecule has 1 aromatic rings. The Labute approximate surface area is 116 Å². The number of halogens is 1. The number of amides is 1. The van der Waals surface area contributed by atoms with Crippen LogP contribution in [0.5, 0.6) is 0 Å². The van der Waals surface area contributed by atoms with Gasteiger partial charge in [-0.25, -0.2) is 0 Å². The third-order valence-corrected chi connectivity index (χ3v) is 3.83. The average molecular weight is 347 g/mol. The van der Waals surface area contributed by atoms with Crippen LogP contribution in [0.3, 0.4) is 0 Å². The molecule has 0 spiro atoms. The summed E-state index contributed by atoms with van der Waals surface area (Å²) in [5.74, 6) is 0.251. The third-order valence-electron chi connectivity index (χ3n) is 2.67. The van der Waals surface area contributed by atoms with Gasteiger partial charge in [-0.15, -0.1) is 0 Å². The van der Waals surface area contributed by atoms with E-state index in [1.807, 2.05) is 32.0 Å². The number of nitrogens with one attached hydrogen (secondary N) is 1. The molecule has 0 bridgehead atoms. The molecule has 0 aliphatic rings. The van der Waals surface area contributed by atoms with Crippen molar-refractivity contribution in [3.63, 3.8) is 0 Å². The summed E-state index contributed by atoms with van der Waals surface area (Å²) in [5.41, 5.74) is 1.87. The molecule has 0 heterocycles. The van der Waals surface area contributed by atoms with Gasteiger partial charge in [-0.05, 0) is 59.5 Å². The lowest BCUT2D eigenvalue weighted by molar-refractivity contribution is 0.0945. The van der Waals surface area contributed by atoms with Crippen molar-refractivity contribution in [2.45, 2.75) is 20.3 Å². The molecule has 94 valence electrons. The van der Waals surface area contributed by atoms with E-state index in [1.54, 1.807) is 0 Å². The van der Waals surface area contributed by atoms with Crippen LogP contribution in [0, 0.1) is 16.4 Å². The van der Waals surface area contributed by atoms with E-state index in [4.69, 9.17) is 5.11 Å². The van der Waals surface area contributed by atoms with Crippen molar-refractivity contribution in [3.8, 4) is 0 Å². The van der Waals surface area contributed by atoms with E-state index < -0.39 is 0 Å². The van der Waals surface area contributed by atoms with Crippen molar-refractivity contribution >= 4 is 28.5 Å². The molecule has 0 saturated carbocycles. The number of carbonyl (C=O) groups is 1. The lowest BCUT2D eigenvalue weighted by Crippen LogP contribution is -2.28. The third kappa shape index (κ3) is 4.63. The summed E-state index contributed by atoms with van der Waals surface area (Å²) in [7, 11) is 0. The molecule has 0 aromatic heterocycles. The van der Waals surface area contributed by atoms with Crippen LogP contribution in [-0.4, -0.2) is 24.2 Å². The SMILES string of the molecule is Cc1ccc(C(=O)NCC(C)CCO)cc1I. The average Bonchev–Trinajstić information content (AvgIpc) is 2.30. The Hall–Kier alpha value is -0.620. The van der Waals surface area contributed by atoms with Crippen LogP contribution in [0.25, 0.3) is 0 Å². The molecule has 17 heavy (non-hydrogen) atoms. The van der Waals surface area contributed by atoms with Gasteiger partial charge in [0, 0.05) is 22.3 Å². The fraction of sp³-hybridized carbons (Fsp3) is 0.462. The lowest BCUT2D eigenvalue weighted by Gasteiger charge is -2.11. The number of aryl methyl sites for hydroxylation is 1. The number of hydrogen-bond donors (Lipinski definition) is 2. The van der Waals surface area contributed by atoms with Gasteiger partial charge in [-0.1, -0.05) is 13.0 Å². The zero-order chi connectivity index (χ0) is 12.8. The summed E-state index contributed by atoms with van der Waals surface area (Å²) >= 11 is 2.23. The van der Waals surface area contributed by atoms with Crippen LogP contribution < -0.4 is 5.32 Å². The Bertz CT molecular complexity index is 393. The normalized spacial score (nSPS) is 12.2. The van der Waals surface area contributed by atoms with Crippen molar-refractivity contribution in [2.75, 3.05) is 13.2 Å². The fourth-order valence-corrected chi connectivity index (χ4v) is 1.94. The Balaban J connectivity index is 2.55. The molecule has 0 saturated heterocycles. The predicted molar refractivity (Wildman–Crippen MR) is 77.1 cm³/mol. The Morgan fingerprint density at radius 1 is 1.53 bits per heavy atom. The Morgan fingerprint density at radius 2 is 2.24 bits per heavy atom. The first-order valence-electron chi connectivity index (χ1n) is 5.69. The van der Waals surface area contributed by atoms with E-state index in [0.29, 0.717) is 24.4 Å². The van der Waals surface area contributed by atoms with Crippen molar-refractivity contribution in [1.29, 1.82) is 0 Å². The summed E-state index contributed by atoms with van der Waals surface area (Å²) in [6, 6.07) is 5.68. The van der Waals surface area contributed by atoms with Gasteiger partial charge in [0.25, 0.3) is 5.91 Å². The summed E-state index contributed by atoms with van der Waals surface area (Å²) in [4.78, 5) is 11.8. The highest BCUT2D eigenvalue weighted by molar-refractivity contribution is 14.1. The Kier molecular flexibility index (Phi) is 5.91. The molecular weight excluding hydrogens is 329 g/mol. The minimum atomic E-state index is -0.0484. The molecule has 4 heteroatoms. The van der Waals surface area contributed by atoms with Gasteiger partial charge in [-0.2, -0.15) is 0 Å². The summed E-state index contributed by atoms with van der Waals surface area (Å²) < 4.78 is 1.10. The monoisotopic (exact) mass is 347 g/mol. The topological polar surface area (TPSA) is 49.3 Å². The van der Waals surface area contributed by atoms with Gasteiger partial charge in [0.15, 0.2) is 0 Å². The zero-order valence-corrected chi connectivity index (χ0v) is 12.3. The highest BCUT2D eigenvalue weighted by Crippen LogP contribution is 2.13. The fourth-order valence-electron chi connectivity index (χ4n) is 1.43. The van der Waals surface area contributed by atoms with Gasteiger partial charge in [0.2, 0.25) is 0 Å². The van der Waals surface area contributed by atoms with E-state index in [0.717, 1.165) is 3.57 Å². The molecule has 0 aliphatic heterocycles. The first-order chi connectivity index (χ1) is 8.04. The highest BCUT2D eigenvalue weighted by Gasteiger charge is 2.08. The molecule has 1 unspecified atom stereocenters. The maximum absolute atomic E-state index is 11.8. The number of rotatable bonds is 5. The molecule has 0 radical (unpaired) electrons. The molecular formula is C13H18INO2. The second kappa shape index (κ2) is 6.96. The lowest BCUT2D eigenvalue weighted by atomic mass is 10.1. The molecule has 0 aliphatic carbocycles. The maximum Gasteiger partial charge on any atom is 0.251 e. The Morgan fingerprint density at radius 3 is 2.82 bits per heavy atom. The van der Waals surface area contributed by atoms with Crippen molar-refractivity contribution < 1.29 is 9.90 Å². The second-order valence-electron chi connectivity index (χ2n) is 4.29. The van der Waals surface area contributed by atoms with Crippen LogP contribution in [0.1, 0.15) is 29.3 Å². The summed E-state index contributed by atoms with van der Waals surface area (Å²) in [6.45, 7) is 4.80. The second-order valence-corrected chi connectivity index (χ2v) is 5.45. The molecule has 1 atom stereocenters. The summed E-state index contributed by atoms with van der Waals surface area (Å²) in [6.07, 6.45) is 0.714. The van der Waals surface area contributed by atoms with Gasteiger partial charge < -0.3 is 10.4 Å². The smallest absolute Gasteiger partial charge is 0.251 e. The zero-order valence-electron chi connectivity index (χ0n) is 10.2. The number of aliphatic hydroxyl groups excluding tert-OH is 1. The number of carbonyl (C=O) groups excluding carboxylic acids is 1. The number of benzene rings is 1. The predicted octanol–water partition coefficient (Wildman–Crippen LogP) is 2.35. The molecule has 1 rings (SSSR count). The van der Waals surface area contributed by atoms with Crippen molar-refractivity contribution in [2.24, 2.45) is 5.92 Å². The summed E-state index contributed by atoms with van der Waals surface area (Å²) in [5, 5.41) is 11.6. The molecule has 0 fully saturated rings. The standard InChI is InChI=1S/C13H18INO2/c1-9(5-6-16)8-15-13(17)11-4-3-10(2)12(14)7-11/h3-4,7,9,16H,5-6,8H2,1-2H3,(H,15,17).